The molecule has 0 aliphatic carbocycles. The number of aryl methyl sites for hydroxylation is 1. The third-order valence-corrected chi connectivity index (χ3v) is 4.88. The number of carbonyl (C=O) groups excluding carboxylic acids is 2. The molecular formula is C22H26ClFN4O2. The van der Waals surface area contributed by atoms with Crippen LogP contribution in [0.15, 0.2) is 48.8 Å². The van der Waals surface area contributed by atoms with Gasteiger partial charge in [-0.3, -0.25) is 9.59 Å². The molecule has 0 fully saturated rings. The van der Waals surface area contributed by atoms with Crippen LogP contribution in [0.5, 0.6) is 0 Å². The molecule has 0 aliphatic rings. The zero-order chi connectivity index (χ0) is 22.3. The molecule has 160 valence electrons. The number of carbonyl (C=O) groups is 2. The molecule has 0 radical (unpaired) electrons. The number of amides is 2. The van der Waals surface area contributed by atoms with Gasteiger partial charge < -0.3 is 15.5 Å². The third-order valence-electron chi connectivity index (χ3n) is 4.67. The highest BCUT2D eigenvalue weighted by molar-refractivity contribution is 6.29. The maximum Gasteiger partial charge on any atom is 0.267 e. The molecule has 2 aromatic rings. The Labute approximate surface area is 181 Å². The lowest BCUT2D eigenvalue weighted by atomic mass is 10.0. The van der Waals surface area contributed by atoms with Crippen molar-refractivity contribution < 1.29 is 14.0 Å². The van der Waals surface area contributed by atoms with Crippen molar-refractivity contribution in [1.82, 2.24) is 15.2 Å². The fourth-order valence-corrected chi connectivity index (χ4v) is 3.14. The second-order valence-corrected chi connectivity index (χ2v) is 7.18. The first kappa shape index (κ1) is 23.3. The quantitative estimate of drug-likeness (QED) is 0.468. The zero-order valence-electron chi connectivity index (χ0n) is 17.3. The molecule has 2 rings (SSSR count). The molecular weight excluding hydrogens is 407 g/mol. The number of nitrogens with one attached hydrogen (secondary N) is 2. The first-order valence-electron chi connectivity index (χ1n) is 9.67. The summed E-state index contributed by atoms with van der Waals surface area (Å²) in [7, 11) is 0. The van der Waals surface area contributed by atoms with E-state index in [4.69, 9.17) is 11.6 Å². The Morgan fingerprint density at radius 2 is 1.87 bits per heavy atom. The van der Waals surface area contributed by atoms with Gasteiger partial charge in [0, 0.05) is 19.5 Å². The van der Waals surface area contributed by atoms with E-state index in [-0.39, 0.29) is 23.8 Å². The number of anilines is 1. The van der Waals surface area contributed by atoms with E-state index in [0.717, 1.165) is 11.1 Å². The van der Waals surface area contributed by atoms with Crippen LogP contribution in [0.25, 0.3) is 0 Å². The van der Waals surface area contributed by atoms with Gasteiger partial charge in [-0.15, -0.1) is 0 Å². The zero-order valence-corrected chi connectivity index (χ0v) is 18.1. The molecule has 1 atom stereocenters. The molecule has 30 heavy (non-hydrogen) atoms. The summed E-state index contributed by atoms with van der Waals surface area (Å²) in [6.07, 6.45) is 1.74. The van der Waals surface area contributed by atoms with Gasteiger partial charge in [-0.1, -0.05) is 30.3 Å². The highest BCUT2D eigenvalue weighted by Crippen LogP contribution is 2.18. The van der Waals surface area contributed by atoms with Crippen molar-refractivity contribution in [2.45, 2.75) is 33.2 Å². The molecule has 8 heteroatoms. The Morgan fingerprint density at radius 3 is 2.43 bits per heavy atom. The minimum atomic E-state index is -0.814. The lowest BCUT2D eigenvalue weighted by molar-refractivity contribution is -0.135. The lowest BCUT2D eigenvalue weighted by Gasteiger charge is -2.26. The topological polar surface area (TPSA) is 74.3 Å². The number of hydrogen-bond donors (Lipinski definition) is 2. The van der Waals surface area contributed by atoms with E-state index in [1.807, 2.05) is 20.8 Å². The Morgan fingerprint density at radius 1 is 1.23 bits per heavy atom. The van der Waals surface area contributed by atoms with Gasteiger partial charge in [0.1, 0.15) is 17.0 Å². The summed E-state index contributed by atoms with van der Waals surface area (Å²) in [6.45, 7) is 10.4. The van der Waals surface area contributed by atoms with Crippen LogP contribution in [0.4, 0.5) is 10.1 Å². The molecule has 2 amide bonds. The maximum absolute atomic E-state index is 13.2. The number of likely N-dealkylation sites (N-methyl/N-ethyl adjacent to an activating group) is 1. The number of nitrogens with zero attached hydrogens (tertiary/aromatic N) is 2. The average Bonchev–Trinajstić information content (AvgIpc) is 2.71. The second kappa shape index (κ2) is 10.7. The van der Waals surface area contributed by atoms with E-state index in [1.54, 1.807) is 23.1 Å². The lowest BCUT2D eigenvalue weighted by Crippen LogP contribution is -2.50. The summed E-state index contributed by atoms with van der Waals surface area (Å²) in [5, 5.41) is 6.00. The van der Waals surface area contributed by atoms with Crippen LogP contribution >= 0.6 is 11.6 Å². The molecule has 1 aromatic heterocycles. The summed E-state index contributed by atoms with van der Waals surface area (Å²) >= 11 is 5.86. The second-order valence-electron chi connectivity index (χ2n) is 6.79. The molecule has 0 bridgehead atoms. The summed E-state index contributed by atoms with van der Waals surface area (Å²) in [5.41, 5.74) is 2.19. The molecule has 0 spiro atoms. The van der Waals surface area contributed by atoms with Crippen LogP contribution in [0.1, 0.15) is 25.0 Å². The first-order valence-corrected chi connectivity index (χ1v) is 10.0. The van der Waals surface area contributed by atoms with Crippen molar-refractivity contribution in [2.24, 2.45) is 0 Å². The van der Waals surface area contributed by atoms with Gasteiger partial charge in [0.05, 0.1) is 17.6 Å². The highest BCUT2D eigenvalue weighted by Gasteiger charge is 2.26. The fraction of sp³-hybridized carbons (Fsp3) is 0.318. The minimum absolute atomic E-state index is 0.0682. The Kier molecular flexibility index (Phi) is 8.35. The van der Waals surface area contributed by atoms with E-state index < -0.39 is 11.9 Å². The molecule has 0 saturated carbocycles. The van der Waals surface area contributed by atoms with Crippen molar-refractivity contribution in [3.05, 3.63) is 70.9 Å². The normalized spacial score (nSPS) is 11.5. The summed E-state index contributed by atoms with van der Waals surface area (Å²) in [6, 6.07) is 6.70. The van der Waals surface area contributed by atoms with E-state index in [9.17, 15) is 14.0 Å². The molecule has 2 N–H and O–H groups in total. The van der Waals surface area contributed by atoms with Gasteiger partial charge in [-0.05, 0) is 50.1 Å². The van der Waals surface area contributed by atoms with Crippen molar-refractivity contribution >= 4 is 29.1 Å². The number of halogens is 2. The third kappa shape index (κ3) is 6.29. The molecule has 6 nitrogen and oxygen atoms in total. The van der Waals surface area contributed by atoms with Crippen molar-refractivity contribution in [3.63, 3.8) is 0 Å². The highest BCUT2D eigenvalue weighted by atomic mass is 35.5. The molecule has 1 aromatic carbocycles. The van der Waals surface area contributed by atoms with Gasteiger partial charge in [0.25, 0.3) is 5.91 Å². The number of rotatable bonds is 9. The fourth-order valence-electron chi connectivity index (χ4n) is 2.93. The predicted octanol–water partition coefficient (Wildman–Crippen LogP) is 3.70. The largest absolute Gasteiger partial charge is 0.350 e. The molecule has 0 aliphatic heterocycles. The standard InChI is InChI=1S/C22H26ClFN4O2/c1-5-28(6-2)22(30)18(12-16-7-9-17(24)10-8-16)27-21(29)15(4)26-19-13-25-20(23)11-14(19)3/h7-11,13,18,26H,4-6,12H2,1-3H3,(H,27,29)/t18-/m0/s1. The average molecular weight is 433 g/mol. The van der Waals surface area contributed by atoms with Crippen molar-refractivity contribution in [3.8, 4) is 0 Å². The first-order chi connectivity index (χ1) is 14.2. The Hall–Kier alpha value is -2.93. The Balaban J connectivity index is 2.16. The minimum Gasteiger partial charge on any atom is -0.350 e. The van der Waals surface area contributed by atoms with Crippen molar-refractivity contribution in [2.75, 3.05) is 18.4 Å². The van der Waals surface area contributed by atoms with Crippen LogP contribution in [0.2, 0.25) is 5.15 Å². The molecule has 0 saturated heterocycles. The van der Waals surface area contributed by atoms with Gasteiger partial charge >= 0.3 is 0 Å². The summed E-state index contributed by atoms with van der Waals surface area (Å²) in [4.78, 5) is 31.3. The number of benzene rings is 1. The molecule has 0 unspecified atom stereocenters. The number of aromatic nitrogens is 1. The number of hydrogen-bond acceptors (Lipinski definition) is 4. The van der Waals surface area contributed by atoms with Crippen LogP contribution in [-0.4, -0.2) is 40.8 Å². The van der Waals surface area contributed by atoms with Gasteiger partial charge in [0.15, 0.2) is 0 Å². The van der Waals surface area contributed by atoms with Gasteiger partial charge in [0.2, 0.25) is 5.91 Å². The monoisotopic (exact) mass is 432 g/mol. The maximum atomic E-state index is 13.2. The van der Waals surface area contributed by atoms with Gasteiger partial charge in [-0.2, -0.15) is 0 Å². The van der Waals surface area contributed by atoms with E-state index in [2.05, 4.69) is 22.2 Å². The van der Waals surface area contributed by atoms with Crippen LogP contribution in [0.3, 0.4) is 0 Å². The van der Waals surface area contributed by atoms with E-state index in [0.29, 0.717) is 23.9 Å². The van der Waals surface area contributed by atoms with Crippen LogP contribution in [0, 0.1) is 12.7 Å². The van der Waals surface area contributed by atoms with Crippen molar-refractivity contribution in [1.29, 1.82) is 0 Å². The molecule has 1 heterocycles. The predicted molar refractivity (Wildman–Crippen MR) is 117 cm³/mol. The Bertz CT molecular complexity index is 914. The van der Waals surface area contributed by atoms with Crippen LogP contribution < -0.4 is 10.6 Å². The SMILES string of the molecule is C=C(Nc1cnc(Cl)cc1C)C(=O)N[C@@H](Cc1ccc(F)cc1)C(=O)N(CC)CC. The smallest absolute Gasteiger partial charge is 0.267 e. The van der Waals surface area contributed by atoms with Gasteiger partial charge in [-0.25, -0.2) is 9.37 Å². The number of pyridine rings is 1. The summed E-state index contributed by atoms with van der Waals surface area (Å²) < 4.78 is 13.2. The van der Waals surface area contributed by atoms with E-state index in [1.165, 1.54) is 18.3 Å². The van der Waals surface area contributed by atoms with Crippen LogP contribution in [-0.2, 0) is 16.0 Å². The summed E-state index contributed by atoms with van der Waals surface area (Å²) in [5.74, 6) is -1.09. The van der Waals surface area contributed by atoms with E-state index >= 15 is 0 Å².